The molecular weight excluding hydrogens is 226 g/mol. The zero-order chi connectivity index (χ0) is 12.1. The molecule has 1 unspecified atom stereocenters. The SMILES string of the molecule is CSc1ccc(C(C)NCCC2CCC2)cc1. The normalized spacial score (nSPS) is 17.8. The van der Waals surface area contributed by atoms with Crippen molar-refractivity contribution in [1.82, 2.24) is 5.32 Å². The molecule has 1 aliphatic carbocycles. The van der Waals surface area contributed by atoms with Crippen molar-refractivity contribution in [3.8, 4) is 0 Å². The van der Waals surface area contributed by atoms with Crippen molar-refractivity contribution in [3.05, 3.63) is 29.8 Å². The third-order valence-corrected chi connectivity index (χ3v) is 4.59. The van der Waals surface area contributed by atoms with Gasteiger partial charge in [-0.2, -0.15) is 0 Å². The molecule has 2 rings (SSSR count). The van der Waals surface area contributed by atoms with Crippen molar-refractivity contribution in [3.63, 3.8) is 0 Å². The molecule has 1 saturated carbocycles. The standard InChI is InChI=1S/C15H23NS/c1-12(16-11-10-13-4-3-5-13)14-6-8-15(17-2)9-7-14/h6-9,12-13,16H,3-5,10-11H2,1-2H3. The van der Waals surface area contributed by atoms with Gasteiger partial charge in [0.15, 0.2) is 0 Å². The van der Waals surface area contributed by atoms with Crippen LogP contribution in [-0.4, -0.2) is 12.8 Å². The molecule has 2 heteroatoms. The van der Waals surface area contributed by atoms with E-state index in [0.717, 1.165) is 12.5 Å². The summed E-state index contributed by atoms with van der Waals surface area (Å²) in [5, 5.41) is 3.63. The Hall–Kier alpha value is -0.470. The Morgan fingerprint density at radius 2 is 2.00 bits per heavy atom. The summed E-state index contributed by atoms with van der Waals surface area (Å²) in [4.78, 5) is 1.34. The van der Waals surface area contributed by atoms with E-state index in [1.165, 1.54) is 36.1 Å². The number of nitrogens with one attached hydrogen (secondary N) is 1. The Balaban J connectivity index is 1.75. The van der Waals surface area contributed by atoms with Gasteiger partial charge in [0.05, 0.1) is 0 Å². The van der Waals surface area contributed by atoms with E-state index in [0.29, 0.717) is 6.04 Å². The van der Waals surface area contributed by atoms with Crippen LogP contribution in [0.5, 0.6) is 0 Å². The molecule has 1 atom stereocenters. The molecule has 94 valence electrons. The van der Waals surface area contributed by atoms with Gasteiger partial charge in [0, 0.05) is 10.9 Å². The number of thioether (sulfide) groups is 1. The maximum absolute atomic E-state index is 3.63. The maximum Gasteiger partial charge on any atom is 0.0291 e. The molecule has 17 heavy (non-hydrogen) atoms. The molecule has 0 spiro atoms. The van der Waals surface area contributed by atoms with Crippen LogP contribution in [-0.2, 0) is 0 Å². The minimum absolute atomic E-state index is 0.478. The van der Waals surface area contributed by atoms with E-state index in [-0.39, 0.29) is 0 Å². The highest BCUT2D eigenvalue weighted by Crippen LogP contribution is 2.29. The highest BCUT2D eigenvalue weighted by molar-refractivity contribution is 7.98. The second-order valence-corrected chi connectivity index (χ2v) is 5.91. The molecule has 0 radical (unpaired) electrons. The Kier molecular flexibility index (Phi) is 4.93. The molecular formula is C15H23NS. The summed E-state index contributed by atoms with van der Waals surface area (Å²) in [6.07, 6.45) is 7.84. The summed E-state index contributed by atoms with van der Waals surface area (Å²) < 4.78 is 0. The molecule has 0 aliphatic heterocycles. The molecule has 1 aromatic rings. The minimum Gasteiger partial charge on any atom is -0.310 e. The zero-order valence-corrected chi connectivity index (χ0v) is 11.7. The number of hydrogen-bond acceptors (Lipinski definition) is 2. The Bertz CT molecular complexity index is 329. The van der Waals surface area contributed by atoms with Gasteiger partial charge in [0.2, 0.25) is 0 Å². The van der Waals surface area contributed by atoms with Crippen LogP contribution < -0.4 is 5.32 Å². The van der Waals surface area contributed by atoms with Crippen molar-refractivity contribution in [2.24, 2.45) is 5.92 Å². The van der Waals surface area contributed by atoms with Gasteiger partial charge in [-0.25, -0.2) is 0 Å². The molecule has 1 fully saturated rings. The Morgan fingerprint density at radius 1 is 1.29 bits per heavy atom. The van der Waals surface area contributed by atoms with Crippen LogP contribution in [0.2, 0.25) is 0 Å². The summed E-state index contributed by atoms with van der Waals surface area (Å²) >= 11 is 1.80. The van der Waals surface area contributed by atoms with Crippen LogP contribution in [0.3, 0.4) is 0 Å². The molecule has 1 N–H and O–H groups in total. The van der Waals surface area contributed by atoms with Crippen LogP contribution in [0, 0.1) is 5.92 Å². The molecule has 1 nitrogen and oxygen atoms in total. The Morgan fingerprint density at radius 3 is 2.53 bits per heavy atom. The average molecular weight is 249 g/mol. The van der Waals surface area contributed by atoms with E-state index < -0.39 is 0 Å². The lowest BCUT2D eigenvalue weighted by Gasteiger charge is -2.26. The molecule has 0 aromatic heterocycles. The quantitative estimate of drug-likeness (QED) is 0.756. The molecule has 0 bridgehead atoms. The Labute approximate surface area is 109 Å². The monoisotopic (exact) mass is 249 g/mol. The van der Waals surface area contributed by atoms with E-state index in [1.807, 2.05) is 0 Å². The average Bonchev–Trinajstić information content (AvgIpc) is 2.32. The fourth-order valence-electron chi connectivity index (χ4n) is 2.30. The first kappa shape index (κ1) is 13.0. The first-order valence-corrected chi connectivity index (χ1v) is 7.89. The first-order valence-electron chi connectivity index (χ1n) is 6.67. The number of benzene rings is 1. The van der Waals surface area contributed by atoms with Crippen LogP contribution >= 0.6 is 11.8 Å². The molecule has 0 heterocycles. The van der Waals surface area contributed by atoms with Crippen molar-refractivity contribution in [2.75, 3.05) is 12.8 Å². The highest BCUT2D eigenvalue weighted by atomic mass is 32.2. The minimum atomic E-state index is 0.478. The molecule has 1 aliphatic rings. The van der Waals surface area contributed by atoms with Crippen LogP contribution in [0.25, 0.3) is 0 Å². The third-order valence-electron chi connectivity index (χ3n) is 3.84. The maximum atomic E-state index is 3.63. The van der Waals surface area contributed by atoms with E-state index in [2.05, 4.69) is 42.8 Å². The summed E-state index contributed by atoms with van der Waals surface area (Å²) in [7, 11) is 0. The largest absolute Gasteiger partial charge is 0.310 e. The molecule has 0 amide bonds. The lowest BCUT2D eigenvalue weighted by molar-refractivity contribution is 0.288. The lowest BCUT2D eigenvalue weighted by atomic mass is 9.83. The van der Waals surface area contributed by atoms with E-state index in [4.69, 9.17) is 0 Å². The van der Waals surface area contributed by atoms with Gasteiger partial charge in [0.1, 0.15) is 0 Å². The van der Waals surface area contributed by atoms with Crippen LogP contribution in [0.15, 0.2) is 29.2 Å². The molecule has 1 aromatic carbocycles. The van der Waals surface area contributed by atoms with Gasteiger partial charge in [0.25, 0.3) is 0 Å². The van der Waals surface area contributed by atoms with Crippen molar-refractivity contribution >= 4 is 11.8 Å². The summed E-state index contributed by atoms with van der Waals surface area (Å²) in [6.45, 7) is 3.42. The summed E-state index contributed by atoms with van der Waals surface area (Å²) in [5.41, 5.74) is 1.40. The zero-order valence-electron chi connectivity index (χ0n) is 10.9. The predicted octanol–water partition coefficient (Wildman–Crippen LogP) is 4.25. The summed E-state index contributed by atoms with van der Waals surface area (Å²) in [5.74, 6) is 1.01. The molecule has 0 saturated heterocycles. The van der Waals surface area contributed by atoms with Crippen molar-refractivity contribution in [2.45, 2.75) is 43.5 Å². The first-order chi connectivity index (χ1) is 8.29. The van der Waals surface area contributed by atoms with Crippen molar-refractivity contribution < 1.29 is 0 Å². The number of rotatable bonds is 6. The van der Waals surface area contributed by atoms with E-state index >= 15 is 0 Å². The van der Waals surface area contributed by atoms with Crippen molar-refractivity contribution in [1.29, 1.82) is 0 Å². The lowest BCUT2D eigenvalue weighted by Crippen LogP contribution is -2.24. The van der Waals surface area contributed by atoms with Gasteiger partial charge in [-0.15, -0.1) is 11.8 Å². The van der Waals surface area contributed by atoms with Crippen LogP contribution in [0.4, 0.5) is 0 Å². The highest BCUT2D eigenvalue weighted by Gasteiger charge is 2.16. The predicted molar refractivity (Wildman–Crippen MR) is 76.6 cm³/mol. The van der Waals surface area contributed by atoms with Crippen LogP contribution in [0.1, 0.15) is 44.2 Å². The van der Waals surface area contributed by atoms with Gasteiger partial charge < -0.3 is 5.32 Å². The smallest absolute Gasteiger partial charge is 0.0291 e. The number of hydrogen-bond donors (Lipinski definition) is 1. The summed E-state index contributed by atoms with van der Waals surface area (Å²) in [6, 6.07) is 9.39. The van der Waals surface area contributed by atoms with E-state index in [1.54, 1.807) is 11.8 Å². The van der Waals surface area contributed by atoms with Gasteiger partial charge in [-0.3, -0.25) is 0 Å². The van der Waals surface area contributed by atoms with Gasteiger partial charge >= 0.3 is 0 Å². The fraction of sp³-hybridized carbons (Fsp3) is 0.600. The second-order valence-electron chi connectivity index (χ2n) is 5.03. The third kappa shape index (κ3) is 3.75. The van der Waals surface area contributed by atoms with E-state index in [9.17, 15) is 0 Å². The van der Waals surface area contributed by atoms with Gasteiger partial charge in [-0.05, 0) is 49.8 Å². The second kappa shape index (κ2) is 6.46. The van der Waals surface area contributed by atoms with Gasteiger partial charge in [-0.1, -0.05) is 31.4 Å². The topological polar surface area (TPSA) is 12.0 Å². The fourth-order valence-corrected chi connectivity index (χ4v) is 2.70.